The van der Waals surface area contributed by atoms with E-state index in [1.807, 2.05) is 12.1 Å². The highest BCUT2D eigenvalue weighted by Crippen LogP contribution is 2.21. The molecule has 0 saturated carbocycles. The first-order chi connectivity index (χ1) is 7.25. The minimum atomic E-state index is 0.235. The summed E-state index contributed by atoms with van der Waals surface area (Å²) >= 11 is 0. The average molecular weight is 202 g/mol. The topological polar surface area (TPSA) is 56.0 Å². The third-order valence-corrected chi connectivity index (χ3v) is 2.63. The summed E-state index contributed by atoms with van der Waals surface area (Å²) in [5.74, 6) is 0.801. The van der Waals surface area contributed by atoms with Crippen molar-refractivity contribution in [3.8, 4) is 0 Å². The lowest BCUT2D eigenvalue weighted by Gasteiger charge is -2.12. The molecule has 2 N–H and O–H groups in total. The molecule has 0 aliphatic heterocycles. The maximum atomic E-state index is 11.2. The summed E-state index contributed by atoms with van der Waals surface area (Å²) in [5.41, 5.74) is 7.93. The SMILES string of the molecule is Nc1ncccc1CC1=CC(=O)CCC1. The first kappa shape index (κ1) is 9.90. The van der Waals surface area contributed by atoms with Gasteiger partial charge in [0.2, 0.25) is 0 Å². The van der Waals surface area contributed by atoms with Crippen molar-refractivity contribution in [2.45, 2.75) is 25.7 Å². The van der Waals surface area contributed by atoms with E-state index in [0.717, 1.165) is 24.8 Å². The maximum Gasteiger partial charge on any atom is 0.155 e. The fourth-order valence-corrected chi connectivity index (χ4v) is 1.85. The van der Waals surface area contributed by atoms with Crippen LogP contribution in [0.15, 0.2) is 30.0 Å². The van der Waals surface area contributed by atoms with Gasteiger partial charge in [-0.3, -0.25) is 4.79 Å². The fraction of sp³-hybridized carbons (Fsp3) is 0.333. The highest BCUT2D eigenvalue weighted by atomic mass is 16.1. The number of hydrogen-bond acceptors (Lipinski definition) is 3. The molecule has 78 valence electrons. The Kier molecular flexibility index (Phi) is 2.81. The molecule has 0 amide bonds. The molecular weight excluding hydrogens is 188 g/mol. The van der Waals surface area contributed by atoms with Crippen LogP contribution in [0.1, 0.15) is 24.8 Å². The zero-order chi connectivity index (χ0) is 10.7. The van der Waals surface area contributed by atoms with Crippen LogP contribution in [0.5, 0.6) is 0 Å². The number of nitrogens with two attached hydrogens (primary N) is 1. The van der Waals surface area contributed by atoms with E-state index in [-0.39, 0.29) is 5.78 Å². The summed E-state index contributed by atoms with van der Waals surface area (Å²) in [6.45, 7) is 0. The van der Waals surface area contributed by atoms with Crippen molar-refractivity contribution < 1.29 is 4.79 Å². The number of nitrogen functional groups attached to an aromatic ring is 1. The highest BCUT2D eigenvalue weighted by molar-refractivity contribution is 5.91. The summed E-state index contributed by atoms with van der Waals surface area (Å²) in [6.07, 6.45) is 6.84. The number of carbonyl (C=O) groups is 1. The first-order valence-electron chi connectivity index (χ1n) is 5.17. The monoisotopic (exact) mass is 202 g/mol. The van der Waals surface area contributed by atoms with Gasteiger partial charge < -0.3 is 5.73 Å². The second-order valence-corrected chi connectivity index (χ2v) is 3.85. The van der Waals surface area contributed by atoms with E-state index >= 15 is 0 Å². The molecule has 0 saturated heterocycles. The molecule has 15 heavy (non-hydrogen) atoms. The van der Waals surface area contributed by atoms with Gasteiger partial charge in [-0.05, 0) is 37.0 Å². The summed E-state index contributed by atoms with van der Waals surface area (Å²) in [7, 11) is 0. The van der Waals surface area contributed by atoms with E-state index in [1.54, 1.807) is 12.3 Å². The standard InChI is InChI=1S/C12H14N2O/c13-12-10(4-2-6-14-12)7-9-3-1-5-11(15)8-9/h2,4,6,8H,1,3,5,7H2,(H2,13,14). The second-order valence-electron chi connectivity index (χ2n) is 3.85. The molecule has 1 aromatic heterocycles. The third-order valence-electron chi connectivity index (χ3n) is 2.63. The summed E-state index contributed by atoms with van der Waals surface area (Å²) in [6, 6.07) is 3.83. The van der Waals surface area contributed by atoms with Crippen LogP contribution in [-0.2, 0) is 11.2 Å². The van der Waals surface area contributed by atoms with Gasteiger partial charge in [-0.2, -0.15) is 0 Å². The van der Waals surface area contributed by atoms with Gasteiger partial charge in [-0.1, -0.05) is 11.6 Å². The molecule has 1 aliphatic rings. The average Bonchev–Trinajstić information content (AvgIpc) is 2.22. The number of nitrogens with zero attached hydrogens (tertiary/aromatic N) is 1. The summed E-state index contributed by atoms with van der Waals surface area (Å²) in [4.78, 5) is 15.3. The number of pyridine rings is 1. The van der Waals surface area contributed by atoms with Gasteiger partial charge in [0.25, 0.3) is 0 Å². The predicted octanol–water partition coefficient (Wildman–Crippen LogP) is 1.89. The van der Waals surface area contributed by atoms with Gasteiger partial charge in [0.1, 0.15) is 5.82 Å². The fourth-order valence-electron chi connectivity index (χ4n) is 1.85. The first-order valence-corrected chi connectivity index (χ1v) is 5.17. The number of anilines is 1. The number of rotatable bonds is 2. The smallest absolute Gasteiger partial charge is 0.155 e. The molecule has 1 aromatic rings. The molecule has 1 heterocycles. The minimum Gasteiger partial charge on any atom is -0.383 e. The van der Waals surface area contributed by atoms with Crippen molar-refractivity contribution in [2.75, 3.05) is 5.73 Å². The highest BCUT2D eigenvalue weighted by Gasteiger charge is 2.11. The molecule has 0 spiro atoms. The Morgan fingerprint density at radius 1 is 1.40 bits per heavy atom. The Labute approximate surface area is 89.0 Å². The second kappa shape index (κ2) is 4.26. The van der Waals surface area contributed by atoms with Crippen LogP contribution in [0.3, 0.4) is 0 Å². The van der Waals surface area contributed by atoms with Crippen molar-refractivity contribution in [1.29, 1.82) is 0 Å². The van der Waals surface area contributed by atoms with Crippen molar-refractivity contribution in [1.82, 2.24) is 4.98 Å². The van der Waals surface area contributed by atoms with Crippen LogP contribution in [-0.4, -0.2) is 10.8 Å². The van der Waals surface area contributed by atoms with Gasteiger partial charge in [-0.15, -0.1) is 0 Å². The number of hydrogen-bond donors (Lipinski definition) is 1. The van der Waals surface area contributed by atoms with Crippen LogP contribution in [0.4, 0.5) is 5.82 Å². The molecule has 2 rings (SSSR count). The van der Waals surface area contributed by atoms with Crippen molar-refractivity contribution in [3.63, 3.8) is 0 Å². The van der Waals surface area contributed by atoms with Crippen molar-refractivity contribution in [2.24, 2.45) is 0 Å². The molecule has 0 atom stereocenters. The van der Waals surface area contributed by atoms with Crippen molar-refractivity contribution >= 4 is 11.6 Å². The minimum absolute atomic E-state index is 0.235. The van der Waals surface area contributed by atoms with Gasteiger partial charge >= 0.3 is 0 Å². The Bertz CT molecular complexity index is 410. The zero-order valence-electron chi connectivity index (χ0n) is 8.57. The Hall–Kier alpha value is -1.64. The lowest BCUT2D eigenvalue weighted by atomic mass is 9.94. The molecule has 0 bridgehead atoms. The van der Waals surface area contributed by atoms with E-state index in [9.17, 15) is 4.79 Å². The molecule has 1 aliphatic carbocycles. The van der Waals surface area contributed by atoms with Crippen LogP contribution >= 0.6 is 0 Å². The largest absolute Gasteiger partial charge is 0.383 e. The summed E-state index contributed by atoms with van der Waals surface area (Å²) in [5, 5.41) is 0. The van der Waals surface area contributed by atoms with E-state index in [0.29, 0.717) is 12.2 Å². The van der Waals surface area contributed by atoms with Gasteiger partial charge in [0.15, 0.2) is 5.78 Å². The Balaban J connectivity index is 2.15. The number of allylic oxidation sites excluding steroid dienone is 2. The molecule has 3 nitrogen and oxygen atoms in total. The Morgan fingerprint density at radius 2 is 2.27 bits per heavy atom. The number of aromatic nitrogens is 1. The summed E-state index contributed by atoms with van der Waals surface area (Å²) < 4.78 is 0. The van der Waals surface area contributed by atoms with E-state index < -0.39 is 0 Å². The van der Waals surface area contributed by atoms with Gasteiger partial charge in [0, 0.05) is 12.6 Å². The third kappa shape index (κ3) is 2.43. The van der Waals surface area contributed by atoms with Crippen LogP contribution in [0.25, 0.3) is 0 Å². The van der Waals surface area contributed by atoms with Crippen molar-refractivity contribution in [3.05, 3.63) is 35.5 Å². The maximum absolute atomic E-state index is 11.2. The van der Waals surface area contributed by atoms with Gasteiger partial charge in [0.05, 0.1) is 0 Å². The number of ketones is 1. The van der Waals surface area contributed by atoms with Crippen LogP contribution in [0.2, 0.25) is 0 Å². The van der Waals surface area contributed by atoms with E-state index in [2.05, 4.69) is 4.98 Å². The van der Waals surface area contributed by atoms with Crippen LogP contribution in [0, 0.1) is 0 Å². The van der Waals surface area contributed by atoms with Crippen LogP contribution < -0.4 is 5.73 Å². The normalized spacial score (nSPS) is 16.3. The molecular formula is C12H14N2O. The predicted molar refractivity (Wildman–Crippen MR) is 59.3 cm³/mol. The quantitative estimate of drug-likeness (QED) is 0.796. The van der Waals surface area contributed by atoms with E-state index in [4.69, 9.17) is 5.73 Å². The Morgan fingerprint density at radius 3 is 3.00 bits per heavy atom. The molecule has 0 fully saturated rings. The molecule has 0 unspecified atom stereocenters. The molecule has 0 aromatic carbocycles. The van der Waals surface area contributed by atoms with Gasteiger partial charge in [-0.25, -0.2) is 4.98 Å². The molecule has 3 heteroatoms. The lowest BCUT2D eigenvalue weighted by molar-refractivity contribution is -0.115. The zero-order valence-corrected chi connectivity index (χ0v) is 8.57. The lowest BCUT2D eigenvalue weighted by Crippen LogP contribution is -2.06. The molecule has 0 radical (unpaired) electrons. The van der Waals surface area contributed by atoms with E-state index in [1.165, 1.54) is 5.57 Å². The number of carbonyl (C=O) groups excluding carboxylic acids is 1.